The lowest BCUT2D eigenvalue weighted by Crippen LogP contribution is -2.20. The maximum atomic E-state index is 13.8. The average Bonchev–Trinajstić information content (AvgIpc) is 3.33. The Hall–Kier alpha value is -4.33. The van der Waals surface area contributed by atoms with E-state index < -0.39 is 28.8 Å². The third-order valence-corrected chi connectivity index (χ3v) is 5.04. The van der Waals surface area contributed by atoms with Gasteiger partial charge in [-0.15, -0.1) is 6.42 Å². The number of benzene rings is 1. The minimum absolute atomic E-state index is 0.0584. The quantitative estimate of drug-likeness (QED) is 0.264. The molecule has 1 N–H and O–H groups in total. The fourth-order valence-electron chi connectivity index (χ4n) is 3.58. The molecule has 1 aromatic carbocycles. The maximum absolute atomic E-state index is 13.8. The van der Waals surface area contributed by atoms with Crippen LogP contribution in [-0.4, -0.2) is 26.7 Å². The molecule has 11 heteroatoms. The number of oxazole rings is 1. The van der Waals surface area contributed by atoms with E-state index in [1.54, 1.807) is 6.92 Å². The number of allylic oxidation sites excluding steroid dienone is 1. The Kier molecular flexibility index (Phi) is 5.53. The second-order valence-electron chi connectivity index (χ2n) is 7.21. The predicted molar refractivity (Wildman–Crippen MR) is 115 cm³/mol. The third-order valence-electron chi connectivity index (χ3n) is 5.04. The van der Waals surface area contributed by atoms with Crippen molar-refractivity contribution in [1.82, 2.24) is 19.6 Å². The molecule has 0 amide bonds. The second-order valence-corrected chi connectivity index (χ2v) is 7.21. The van der Waals surface area contributed by atoms with E-state index in [0.29, 0.717) is 4.52 Å². The number of halogens is 4. The van der Waals surface area contributed by atoms with Gasteiger partial charge in [0.2, 0.25) is 5.89 Å². The van der Waals surface area contributed by atoms with Crippen molar-refractivity contribution in [3.63, 3.8) is 0 Å². The molecule has 4 rings (SSSR count). The number of hydrogen-bond acceptors (Lipinski definition) is 5. The van der Waals surface area contributed by atoms with E-state index in [2.05, 4.69) is 21.0 Å². The number of fused-ring (bicyclic) bond motifs is 1. The molecule has 0 saturated heterocycles. The van der Waals surface area contributed by atoms with Crippen molar-refractivity contribution >= 4 is 11.4 Å². The van der Waals surface area contributed by atoms with Crippen LogP contribution in [0.4, 0.5) is 17.6 Å². The topological polar surface area (TPSA) is 85.4 Å². The smallest absolute Gasteiger partial charge is 0.433 e. The van der Waals surface area contributed by atoms with Gasteiger partial charge in [-0.3, -0.25) is 9.89 Å². The fraction of sp³-hybridized carbons (Fsp3) is 0.174. The Morgan fingerprint density at radius 1 is 1.26 bits per heavy atom. The van der Waals surface area contributed by atoms with Gasteiger partial charge in [-0.05, 0) is 31.5 Å². The van der Waals surface area contributed by atoms with E-state index in [-0.39, 0.29) is 45.6 Å². The Labute approximate surface area is 189 Å². The van der Waals surface area contributed by atoms with E-state index in [9.17, 15) is 22.4 Å². The van der Waals surface area contributed by atoms with Crippen LogP contribution in [0.15, 0.2) is 39.6 Å². The zero-order valence-electron chi connectivity index (χ0n) is 18.0. The molecule has 174 valence electrons. The number of aromatic nitrogens is 4. The number of aryl methyl sites for hydroxylation is 2. The van der Waals surface area contributed by atoms with Crippen molar-refractivity contribution in [2.75, 3.05) is 7.11 Å². The predicted octanol–water partition coefficient (Wildman–Crippen LogP) is 4.74. The van der Waals surface area contributed by atoms with Crippen LogP contribution in [0.1, 0.15) is 22.8 Å². The molecule has 34 heavy (non-hydrogen) atoms. The highest BCUT2D eigenvalue weighted by molar-refractivity contribution is 5.81. The summed E-state index contributed by atoms with van der Waals surface area (Å²) in [6.45, 7) is 2.99. The lowest BCUT2D eigenvalue weighted by Gasteiger charge is -2.07. The fourth-order valence-corrected chi connectivity index (χ4v) is 3.58. The first-order valence-electron chi connectivity index (χ1n) is 9.73. The zero-order valence-corrected chi connectivity index (χ0v) is 18.0. The highest BCUT2D eigenvalue weighted by Gasteiger charge is 2.38. The normalized spacial score (nSPS) is 12.2. The van der Waals surface area contributed by atoms with Gasteiger partial charge in [-0.25, -0.2) is 14.4 Å². The molecular formula is C23H16F4N4O3. The van der Waals surface area contributed by atoms with Crippen LogP contribution in [0.25, 0.3) is 34.0 Å². The molecule has 3 heterocycles. The van der Waals surface area contributed by atoms with E-state index in [4.69, 9.17) is 15.6 Å². The van der Waals surface area contributed by atoms with Crippen molar-refractivity contribution in [3.05, 3.63) is 69.4 Å². The number of nitrogens with zero attached hydrogens (tertiary/aromatic N) is 3. The van der Waals surface area contributed by atoms with Gasteiger partial charge in [0.1, 0.15) is 28.5 Å². The molecule has 0 aliphatic rings. The van der Waals surface area contributed by atoms with Crippen LogP contribution >= 0.6 is 0 Å². The maximum Gasteiger partial charge on any atom is 0.433 e. The van der Waals surface area contributed by atoms with Crippen LogP contribution in [-0.2, 0) is 10.9 Å². The Balaban J connectivity index is 2.02. The van der Waals surface area contributed by atoms with Crippen LogP contribution < -0.4 is 5.56 Å². The van der Waals surface area contributed by atoms with Gasteiger partial charge in [-0.2, -0.15) is 17.7 Å². The van der Waals surface area contributed by atoms with Gasteiger partial charge < -0.3 is 9.15 Å². The minimum atomic E-state index is -4.88. The van der Waals surface area contributed by atoms with E-state index in [1.165, 1.54) is 32.2 Å². The summed E-state index contributed by atoms with van der Waals surface area (Å²) in [6.07, 6.45) is 1.71. The zero-order chi connectivity index (χ0) is 24.8. The standard InChI is InChI=1S/C23H16F4N4O3/c1-5-7-15(33-4)18-12(3)34-21(29-18)16-11(2)28-20-17(13-8-6-9-14(24)10-13)19(23(25,26)27)30-31(20)22(16)32/h1,6-10,30H,2-4H3/b15-7+. The Morgan fingerprint density at radius 2 is 2.00 bits per heavy atom. The van der Waals surface area contributed by atoms with E-state index in [1.807, 2.05) is 0 Å². The lowest BCUT2D eigenvalue weighted by molar-refractivity contribution is -0.140. The number of terminal acetylenes is 1. The lowest BCUT2D eigenvalue weighted by atomic mass is 10.1. The van der Waals surface area contributed by atoms with Crippen LogP contribution in [0.3, 0.4) is 0 Å². The number of hydrogen-bond donors (Lipinski definition) is 1. The van der Waals surface area contributed by atoms with E-state index in [0.717, 1.165) is 12.1 Å². The monoisotopic (exact) mass is 472 g/mol. The summed E-state index contributed by atoms with van der Waals surface area (Å²) in [6, 6.07) is 4.59. The molecule has 0 unspecified atom stereocenters. The van der Waals surface area contributed by atoms with Gasteiger partial charge >= 0.3 is 6.18 Å². The average molecular weight is 472 g/mol. The number of ether oxygens (including phenoxy) is 1. The largest absolute Gasteiger partial charge is 0.494 e. The van der Waals surface area contributed by atoms with Crippen LogP contribution in [0.2, 0.25) is 0 Å². The molecule has 0 atom stereocenters. The summed E-state index contributed by atoms with van der Waals surface area (Å²) in [5.41, 5.74) is -2.89. The first-order chi connectivity index (χ1) is 16.1. The summed E-state index contributed by atoms with van der Waals surface area (Å²) >= 11 is 0. The van der Waals surface area contributed by atoms with Gasteiger partial charge in [0, 0.05) is 6.08 Å². The summed E-state index contributed by atoms with van der Waals surface area (Å²) in [4.78, 5) is 21.8. The Bertz CT molecular complexity index is 1550. The summed E-state index contributed by atoms with van der Waals surface area (Å²) in [7, 11) is 1.37. The summed E-state index contributed by atoms with van der Waals surface area (Å²) in [5, 5.41) is 2.07. The highest BCUT2D eigenvalue weighted by Crippen LogP contribution is 2.38. The third kappa shape index (κ3) is 3.73. The van der Waals surface area contributed by atoms with E-state index >= 15 is 0 Å². The molecule has 3 aromatic heterocycles. The van der Waals surface area contributed by atoms with Crippen molar-refractivity contribution < 1.29 is 26.7 Å². The second kappa shape index (κ2) is 8.22. The molecule has 0 aliphatic carbocycles. The molecule has 0 saturated carbocycles. The molecule has 0 fully saturated rings. The number of H-pyrrole nitrogens is 1. The van der Waals surface area contributed by atoms with Crippen molar-refractivity contribution in [2.45, 2.75) is 20.0 Å². The number of rotatable bonds is 4. The van der Waals surface area contributed by atoms with Gasteiger partial charge in [0.25, 0.3) is 5.56 Å². The molecule has 0 spiro atoms. The van der Waals surface area contributed by atoms with Crippen molar-refractivity contribution in [2.24, 2.45) is 0 Å². The first kappa shape index (κ1) is 22.8. The number of alkyl halides is 3. The van der Waals surface area contributed by atoms with Crippen molar-refractivity contribution in [1.29, 1.82) is 0 Å². The van der Waals surface area contributed by atoms with Gasteiger partial charge in [0.05, 0.1) is 18.4 Å². The van der Waals surface area contributed by atoms with Crippen molar-refractivity contribution in [3.8, 4) is 34.9 Å². The van der Waals surface area contributed by atoms with Gasteiger partial charge in [0.15, 0.2) is 11.4 Å². The molecule has 0 aliphatic heterocycles. The Morgan fingerprint density at radius 3 is 2.62 bits per heavy atom. The molecule has 0 radical (unpaired) electrons. The highest BCUT2D eigenvalue weighted by atomic mass is 19.4. The molecule has 7 nitrogen and oxygen atoms in total. The number of methoxy groups -OCH3 is 1. The molecule has 4 aromatic rings. The minimum Gasteiger partial charge on any atom is -0.494 e. The number of nitrogens with one attached hydrogen (secondary N) is 1. The molecular weight excluding hydrogens is 456 g/mol. The first-order valence-corrected chi connectivity index (χ1v) is 9.73. The van der Waals surface area contributed by atoms with Crippen LogP contribution in [0.5, 0.6) is 0 Å². The SMILES string of the molecule is C#C/C=C(/OC)c1nc(-c2c(C)nc3c(-c4cccc(F)c4)c(C(F)(F)F)[nH]n3c2=O)oc1C. The summed E-state index contributed by atoms with van der Waals surface area (Å²) in [5.74, 6) is 1.86. The van der Waals surface area contributed by atoms with Crippen LogP contribution in [0, 0.1) is 32.0 Å². The number of aromatic amines is 1. The van der Waals surface area contributed by atoms with Gasteiger partial charge in [-0.1, -0.05) is 18.1 Å². The molecule has 0 bridgehead atoms. The summed E-state index contributed by atoms with van der Waals surface area (Å²) < 4.78 is 66.8.